The Morgan fingerprint density at radius 1 is 1.00 bits per heavy atom. The number of benzene rings is 3. The zero-order valence-electron chi connectivity index (χ0n) is 22.0. The predicted octanol–water partition coefficient (Wildman–Crippen LogP) is 5.52. The topological polar surface area (TPSA) is 94.8 Å². The number of nitrogens with zero attached hydrogens (tertiary/aromatic N) is 3. The summed E-state index contributed by atoms with van der Waals surface area (Å²) in [5.41, 5.74) is 1.80. The fourth-order valence-corrected chi connectivity index (χ4v) is 6.33. The van der Waals surface area contributed by atoms with E-state index >= 15 is 0 Å². The van der Waals surface area contributed by atoms with Gasteiger partial charge in [-0.3, -0.25) is 14.5 Å². The van der Waals surface area contributed by atoms with Gasteiger partial charge in [0.25, 0.3) is 0 Å². The van der Waals surface area contributed by atoms with E-state index in [-0.39, 0.29) is 24.7 Å². The Balaban J connectivity index is 1.60. The summed E-state index contributed by atoms with van der Waals surface area (Å²) < 4.78 is 15.4. The van der Waals surface area contributed by atoms with Crippen LogP contribution in [0.4, 0.5) is 0 Å². The Morgan fingerprint density at radius 3 is 2.23 bits per heavy atom. The summed E-state index contributed by atoms with van der Waals surface area (Å²) >= 11 is 1.44. The summed E-state index contributed by atoms with van der Waals surface area (Å²) in [6, 6.07) is 24.1. The third-order valence-corrected chi connectivity index (χ3v) is 8.22. The molecule has 1 saturated heterocycles. The average Bonchev–Trinajstić information content (AvgIpc) is 3.54. The molecule has 0 N–H and O–H groups in total. The molecule has 1 aromatic heterocycles. The molecule has 0 bridgehead atoms. The molecule has 1 fully saturated rings. The first kappa shape index (κ1) is 26.5. The zero-order chi connectivity index (χ0) is 27.4. The molecule has 0 unspecified atom stereocenters. The highest BCUT2D eigenvalue weighted by molar-refractivity contribution is 8.00. The predicted molar refractivity (Wildman–Crippen MR) is 147 cm³/mol. The second-order valence-corrected chi connectivity index (χ2v) is 10.7. The van der Waals surface area contributed by atoms with Crippen LogP contribution < -0.4 is 9.47 Å². The summed E-state index contributed by atoms with van der Waals surface area (Å²) in [5, 5.41) is 4.05. The van der Waals surface area contributed by atoms with E-state index in [1.165, 1.54) is 16.7 Å². The zero-order valence-corrected chi connectivity index (χ0v) is 22.8. The second-order valence-electron chi connectivity index (χ2n) is 9.31. The van der Waals surface area contributed by atoms with Gasteiger partial charge in [0.15, 0.2) is 5.82 Å². The highest BCUT2D eigenvalue weighted by atomic mass is 32.2. The standard InChI is InChI=1S/C30H29N3O5S/c1-20-31-29(38-32-20)30(39-25-16-14-24(37-3)15-17-25)19-27(35)33(26(34)18-9-21-7-5-4-6-8-21)28(30)22-10-12-23(36-2)13-11-22/h4-8,10-17,28H,9,18-19H2,1-3H3/t28-,30-/m1/s1. The summed E-state index contributed by atoms with van der Waals surface area (Å²) in [7, 11) is 3.21. The van der Waals surface area contributed by atoms with Gasteiger partial charge in [0.2, 0.25) is 17.7 Å². The number of imide groups is 1. The van der Waals surface area contributed by atoms with Crippen LogP contribution in [0.2, 0.25) is 0 Å². The monoisotopic (exact) mass is 543 g/mol. The smallest absolute Gasteiger partial charge is 0.246 e. The number of methoxy groups -OCH3 is 2. The third kappa shape index (κ3) is 5.40. The minimum absolute atomic E-state index is 0.0130. The van der Waals surface area contributed by atoms with Crippen molar-refractivity contribution in [2.24, 2.45) is 0 Å². The minimum atomic E-state index is -1.05. The maximum atomic E-state index is 13.8. The van der Waals surface area contributed by atoms with Crippen LogP contribution in [0, 0.1) is 6.92 Å². The summed E-state index contributed by atoms with van der Waals surface area (Å²) in [6.45, 7) is 1.74. The Hall–Kier alpha value is -4.11. The first-order valence-electron chi connectivity index (χ1n) is 12.6. The number of likely N-dealkylation sites (tertiary alicyclic amines) is 1. The fourth-order valence-electron chi connectivity index (χ4n) is 4.91. The Kier molecular flexibility index (Phi) is 7.70. The van der Waals surface area contributed by atoms with Crippen molar-refractivity contribution in [3.8, 4) is 11.5 Å². The number of aromatic nitrogens is 2. The van der Waals surface area contributed by atoms with Crippen molar-refractivity contribution in [2.75, 3.05) is 14.2 Å². The summed E-state index contributed by atoms with van der Waals surface area (Å²) in [4.78, 5) is 34.4. The number of rotatable bonds is 9. The van der Waals surface area contributed by atoms with Crippen LogP contribution in [-0.4, -0.2) is 41.1 Å². The molecule has 8 nitrogen and oxygen atoms in total. The molecule has 5 rings (SSSR count). The van der Waals surface area contributed by atoms with Crippen LogP contribution in [0.25, 0.3) is 0 Å². The van der Waals surface area contributed by atoms with Crippen LogP contribution in [-0.2, 0) is 20.8 Å². The van der Waals surface area contributed by atoms with Crippen LogP contribution in [0.1, 0.15) is 41.7 Å². The van der Waals surface area contributed by atoms with E-state index in [9.17, 15) is 9.59 Å². The lowest BCUT2D eigenvalue weighted by Gasteiger charge is -2.34. The molecule has 2 atom stereocenters. The molecule has 2 amide bonds. The maximum Gasteiger partial charge on any atom is 0.246 e. The Morgan fingerprint density at radius 2 is 1.64 bits per heavy atom. The molecular weight excluding hydrogens is 514 g/mol. The van der Waals surface area contributed by atoms with E-state index in [2.05, 4.69) is 10.1 Å². The number of carbonyl (C=O) groups is 2. The third-order valence-electron chi connectivity index (χ3n) is 6.80. The number of hydrogen-bond donors (Lipinski definition) is 0. The van der Waals surface area contributed by atoms with E-state index < -0.39 is 10.8 Å². The first-order chi connectivity index (χ1) is 18.9. The number of aryl methyl sites for hydroxylation is 2. The molecule has 0 aliphatic carbocycles. The lowest BCUT2D eigenvalue weighted by molar-refractivity contribution is -0.144. The highest BCUT2D eigenvalue weighted by Gasteiger charge is 2.59. The van der Waals surface area contributed by atoms with E-state index in [4.69, 9.17) is 14.0 Å². The van der Waals surface area contributed by atoms with Gasteiger partial charge in [-0.05, 0) is 60.9 Å². The van der Waals surface area contributed by atoms with Gasteiger partial charge < -0.3 is 14.0 Å². The molecule has 1 aliphatic heterocycles. The van der Waals surface area contributed by atoms with Gasteiger partial charge in [0.05, 0.1) is 26.7 Å². The van der Waals surface area contributed by atoms with Crippen LogP contribution in [0.15, 0.2) is 88.3 Å². The van der Waals surface area contributed by atoms with E-state index in [1.807, 2.05) is 78.9 Å². The molecule has 1 aliphatic rings. The molecule has 0 saturated carbocycles. The van der Waals surface area contributed by atoms with E-state index in [1.54, 1.807) is 21.1 Å². The second kappa shape index (κ2) is 11.3. The van der Waals surface area contributed by atoms with Gasteiger partial charge in [-0.15, -0.1) is 11.8 Å². The minimum Gasteiger partial charge on any atom is -0.497 e. The van der Waals surface area contributed by atoms with Crippen molar-refractivity contribution >= 4 is 23.6 Å². The fraction of sp³-hybridized carbons (Fsp3) is 0.267. The van der Waals surface area contributed by atoms with Crippen LogP contribution in [0.3, 0.4) is 0 Å². The molecule has 0 spiro atoms. The summed E-state index contributed by atoms with van der Waals surface area (Å²) in [5.74, 6) is 1.60. The van der Waals surface area contributed by atoms with Crippen LogP contribution in [0.5, 0.6) is 11.5 Å². The number of hydrogen-bond acceptors (Lipinski definition) is 8. The van der Waals surface area contributed by atoms with E-state index in [0.717, 1.165) is 16.0 Å². The van der Waals surface area contributed by atoms with Crippen molar-refractivity contribution in [2.45, 2.75) is 41.9 Å². The molecule has 2 heterocycles. The average molecular weight is 544 g/mol. The number of thioether (sulfide) groups is 1. The quantitative estimate of drug-likeness (QED) is 0.273. The Bertz CT molecular complexity index is 1440. The SMILES string of the molecule is COc1ccc(S[C@]2(c3nc(C)no3)CC(=O)N(C(=O)CCc3ccccc3)[C@@H]2c2ccc(OC)cc2)cc1. The van der Waals surface area contributed by atoms with Gasteiger partial charge in [-0.1, -0.05) is 47.6 Å². The molecular formula is C30H29N3O5S. The normalized spacial score (nSPS) is 18.8. The van der Waals surface area contributed by atoms with Crippen molar-refractivity contribution < 1.29 is 23.6 Å². The molecule has 4 aromatic rings. The van der Waals surface area contributed by atoms with Crippen molar-refractivity contribution in [3.63, 3.8) is 0 Å². The molecule has 3 aromatic carbocycles. The van der Waals surface area contributed by atoms with Gasteiger partial charge in [-0.2, -0.15) is 4.98 Å². The lowest BCUT2D eigenvalue weighted by atomic mass is 9.92. The Labute approximate surface area is 231 Å². The van der Waals surface area contributed by atoms with Gasteiger partial charge in [-0.25, -0.2) is 0 Å². The van der Waals surface area contributed by atoms with Gasteiger partial charge >= 0.3 is 0 Å². The van der Waals surface area contributed by atoms with Crippen LogP contribution >= 0.6 is 11.8 Å². The number of ether oxygens (including phenoxy) is 2. The molecule has 39 heavy (non-hydrogen) atoms. The van der Waals surface area contributed by atoms with Crippen molar-refractivity contribution in [1.29, 1.82) is 0 Å². The number of amides is 2. The largest absolute Gasteiger partial charge is 0.497 e. The highest BCUT2D eigenvalue weighted by Crippen LogP contribution is 2.58. The molecule has 0 radical (unpaired) electrons. The number of carbonyl (C=O) groups excluding carboxylic acids is 2. The van der Waals surface area contributed by atoms with Gasteiger partial charge in [0, 0.05) is 11.3 Å². The van der Waals surface area contributed by atoms with Crippen molar-refractivity contribution in [1.82, 2.24) is 15.0 Å². The molecule has 9 heteroatoms. The first-order valence-corrected chi connectivity index (χ1v) is 13.4. The summed E-state index contributed by atoms with van der Waals surface area (Å²) in [6.07, 6.45) is 0.727. The van der Waals surface area contributed by atoms with Crippen molar-refractivity contribution in [3.05, 3.63) is 102 Å². The lowest BCUT2D eigenvalue weighted by Crippen LogP contribution is -2.38. The van der Waals surface area contributed by atoms with Gasteiger partial charge in [0.1, 0.15) is 16.2 Å². The van der Waals surface area contributed by atoms with E-state index in [0.29, 0.717) is 29.6 Å². The molecule has 200 valence electrons. The maximum absolute atomic E-state index is 13.8.